The van der Waals surface area contributed by atoms with E-state index in [2.05, 4.69) is 15.2 Å². The van der Waals surface area contributed by atoms with E-state index in [1.807, 2.05) is 25.1 Å². The average Bonchev–Trinajstić information content (AvgIpc) is 2.70. The van der Waals surface area contributed by atoms with Crippen molar-refractivity contribution < 1.29 is 13.2 Å². The van der Waals surface area contributed by atoms with Crippen molar-refractivity contribution in [3.63, 3.8) is 0 Å². The van der Waals surface area contributed by atoms with E-state index in [1.54, 1.807) is 24.3 Å². The third-order valence-corrected chi connectivity index (χ3v) is 6.38. The fraction of sp³-hybridized carbons (Fsp3) is 0.421. The van der Waals surface area contributed by atoms with Crippen molar-refractivity contribution in [2.45, 2.75) is 11.8 Å². The number of rotatable bonds is 8. The van der Waals surface area contributed by atoms with E-state index in [9.17, 15) is 8.42 Å². The molecule has 1 aliphatic rings. The highest BCUT2D eigenvalue weighted by atomic mass is 32.2. The number of ether oxygens (including phenoxy) is 1. The third kappa shape index (κ3) is 4.97. The molecule has 0 aliphatic carbocycles. The van der Waals surface area contributed by atoms with Crippen LogP contribution in [0.4, 0.5) is 11.5 Å². The highest BCUT2D eigenvalue weighted by Gasteiger charge is 2.23. The molecule has 0 saturated carbocycles. The Bertz CT molecular complexity index is 807. The molecule has 1 aromatic carbocycles. The molecule has 1 fully saturated rings. The Kier molecular flexibility index (Phi) is 6.65. The Labute approximate surface area is 161 Å². The third-order valence-electron chi connectivity index (χ3n) is 4.49. The van der Waals surface area contributed by atoms with Gasteiger partial charge in [-0.15, -0.1) is 0 Å². The molecule has 0 atom stereocenters. The van der Waals surface area contributed by atoms with Gasteiger partial charge in [-0.25, -0.2) is 13.4 Å². The Balaban J connectivity index is 1.63. The number of hydrogen-bond donors (Lipinski definition) is 1. The van der Waals surface area contributed by atoms with E-state index in [0.717, 1.165) is 39.4 Å². The number of nitrogens with one attached hydrogen (secondary N) is 1. The SMILES string of the molecule is CCN(c1ccccc1)S(=O)(=O)c1ccc(NCCN2CCOCC2)nc1. The molecule has 146 valence electrons. The Morgan fingerprint density at radius 1 is 1.15 bits per heavy atom. The van der Waals surface area contributed by atoms with Gasteiger partial charge in [0, 0.05) is 38.9 Å². The average molecular weight is 391 g/mol. The molecular formula is C19H26N4O3S. The molecule has 8 heteroatoms. The van der Waals surface area contributed by atoms with E-state index in [0.29, 0.717) is 18.1 Å². The van der Waals surface area contributed by atoms with Gasteiger partial charge in [-0.05, 0) is 31.2 Å². The predicted molar refractivity (Wildman–Crippen MR) is 107 cm³/mol. The lowest BCUT2D eigenvalue weighted by Crippen LogP contribution is -2.39. The summed E-state index contributed by atoms with van der Waals surface area (Å²) in [5.41, 5.74) is 0.646. The van der Waals surface area contributed by atoms with Gasteiger partial charge in [-0.3, -0.25) is 9.21 Å². The molecule has 3 rings (SSSR count). The van der Waals surface area contributed by atoms with Gasteiger partial charge in [0.2, 0.25) is 0 Å². The van der Waals surface area contributed by atoms with Crippen LogP contribution in [-0.4, -0.2) is 64.2 Å². The number of pyridine rings is 1. The van der Waals surface area contributed by atoms with Gasteiger partial charge in [-0.2, -0.15) is 0 Å². The van der Waals surface area contributed by atoms with Crippen molar-refractivity contribution in [2.24, 2.45) is 0 Å². The molecule has 0 bridgehead atoms. The number of benzene rings is 1. The number of morpholine rings is 1. The van der Waals surface area contributed by atoms with E-state index in [1.165, 1.54) is 10.5 Å². The van der Waals surface area contributed by atoms with Crippen LogP contribution < -0.4 is 9.62 Å². The maximum atomic E-state index is 12.9. The molecule has 0 unspecified atom stereocenters. The Morgan fingerprint density at radius 2 is 1.89 bits per heavy atom. The fourth-order valence-electron chi connectivity index (χ4n) is 3.02. The lowest BCUT2D eigenvalue weighted by molar-refractivity contribution is 0.0398. The normalized spacial score (nSPS) is 15.4. The second-order valence-corrected chi connectivity index (χ2v) is 8.13. The van der Waals surface area contributed by atoms with Crippen molar-refractivity contribution in [1.82, 2.24) is 9.88 Å². The van der Waals surface area contributed by atoms with Gasteiger partial charge in [0.25, 0.3) is 10.0 Å². The zero-order valence-corrected chi connectivity index (χ0v) is 16.4. The fourth-order valence-corrected chi connectivity index (χ4v) is 4.44. The van der Waals surface area contributed by atoms with Crippen molar-refractivity contribution in [2.75, 3.05) is 55.6 Å². The topological polar surface area (TPSA) is 74.8 Å². The summed E-state index contributed by atoms with van der Waals surface area (Å²) in [6.45, 7) is 7.27. The number of aromatic nitrogens is 1. The first kappa shape index (κ1) is 19.6. The maximum Gasteiger partial charge on any atom is 0.265 e. The molecule has 1 aromatic heterocycles. The zero-order chi connectivity index (χ0) is 19.1. The summed E-state index contributed by atoms with van der Waals surface area (Å²) in [6, 6.07) is 12.4. The number of nitrogens with zero attached hydrogens (tertiary/aromatic N) is 3. The molecule has 1 saturated heterocycles. The standard InChI is InChI=1S/C19H26N4O3S/c1-2-23(17-6-4-3-5-7-17)27(24,25)18-8-9-19(21-16-18)20-10-11-22-12-14-26-15-13-22/h3-9,16H,2,10-15H2,1H3,(H,20,21). The van der Waals surface area contributed by atoms with Crippen LogP contribution in [0.15, 0.2) is 53.6 Å². The zero-order valence-electron chi connectivity index (χ0n) is 15.5. The summed E-state index contributed by atoms with van der Waals surface area (Å²) in [4.78, 5) is 6.79. The molecule has 2 aromatic rings. The van der Waals surface area contributed by atoms with E-state index >= 15 is 0 Å². The Hall–Kier alpha value is -2.16. The molecule has 0 amide bonds. The molecule has 1 aliphatic heterocycles. The highest BCUT2D eigenvalue weighted by molar-refractivity contribution is 7.92. The number of para-hydroxylation sites is 1. The van der Waals surface area contributed by atoms with Crippen LogP contribution in [0, 0.1) is 0 Å². The monoisotopic (exact) mass is 390 g/mol. The van der Waals surface area contributed by atoms with Crippen LogP contribution in [0.25, 0.3) is 0 Å². The largest absolute Gasteiger partial charge is 0.379 e. The lowest BCUT2D eigenvalue weighted by atomic mass is 10.3. The maximum absolute atomic E-state index is 12.9. The molecule has 2 heterocycles. The van der Waals surface area contributed by atoms with Crippen LogP contribution >= 0.6 is 0 Å². The first-order valence-electron chi connectivity index (χ1n) is 9.19. The van der Waals surface area contributed by atoms with E-state index < -0.39 is 10.0 Å². The van der Waals surface area contributed by atoms with Crippen molar-refractivity contribution in [1.29, 1.82) is 0 Å². The van der Waals surface area contributed by atoms with Crippen molar-refractivity contribution in [3.05, 3.63) is 48.7 Å². The minimum absolute atomic E-state index is 0.187. The number of sulfonamides is 1. The van der Waals surface area contributed by atoms with E-state index in [4.69, 9.17) is 4.74 Å². The van der Waals surface area contributed by atoms with Crippen molar-refractivity contribution >= 4 is 21.5 Å². The van der Waals surface area contributed by atoms with Crippen LogP contribution in [0.2, 0.25) is 0 Å². The smallest absolute Gasteiger partial charge is 0.265 e. The van der Waals surface area contributed by atoms with Crippen molar-refractivity contribution in [3.8, 4) is 0 Å². The summed E-state index contributed by atoms with van der Waals surface area (Å²) in [6.07, 6.45) is 1.41. The van der Waals surface area contributed by atoms with Crippen LogP contribution in [0.5, 0.6) is 0 Å². The first-order chi connectivity index (χ1) is 13.1. The van der Waals surface area contributed by atoms with Gasteiger partial charge in [0.05, 0.1) is 18.9 Å². The molecular weight excluding hydrogens is 364 g/mol. The van der Waals surface area contributed by atoms with E-state index in [-0.39, 0.29) is 4.90 Å². The van der Waals surface area contributed by atoms with Crippen LogP contribution in [0.1, 0.15) is 6.92 Å². The van der Waals surface area contributed by atoms with Gasteiger partial charge in [0.1, 0.15) is 10.7 Å². The predicted octanol–water partition coefficient (Wildman–Crippen LogP) is 2.04. The first-order valence-corrected chi connectivity index (χ1v) is 10.6. The molecule has 0 radical (unpaired) electrons. The Morgan fingerprint density at radius 3 is 2.52 bits per heavy atom. The van der Waals surface area contributed by atoms with Gasteiger partial charge >= 0.3 is 0 Å². The second-order valence-electron chi connectivity index (χ2n) is 6.27. The van der Waals surface area contributed by atoms with Crippen LogP contribution in [0.3, 0.4) is 0 Å². The molecule has 27 heavy (non-hydrogen) atoms. The summed E-state index contributed by atoms with van der Waals surface area (Å²) >= 11 is 0. The van der Waals surface area contributed by atoms with Gasteiger partial charge < -0.3 is 10.1 Å². The van der Waals surface area contributed by atoms with Gasteiger partial charge in [0.15, 0.2) is 0 Å². The highest BCUT2D eigenvalue weighted by Crippen LogP contribution is 2.23. The van der Waals surface area contributed by atoms with Crippen LogP contribution in [-0.2, 0) is 14.8 Å². The lowest BCUT2D eigenvalue weighted by Gasteiger charge is -2.26. The summed E-state index contributed by atoms with van der Waals surface area (Å²) in [7, 11) is -3.64. The number of anilines is 2. The summed E-state index contributed by atoms with van der Waals surface area (Å²) in [5, 5.41) is 3.24. The minimum atomic E-state index is -3.64. The summed E-state index contributed by atoms with van der Waals surface area (Å²) < 4.78 is 32.6. The van der Waals surface area contributed by atoms with Gasteiger partial charge in [-0.1, -0.05) is 18.2 Å². The summed E-state index contributed by atoms with van der Waals surface area (Å²) in [5.74, 6) is 0.671. The quantitative estimate of drug-likeness (QED) is 0.744. The molecule has 7 nitrogen and oxygen atoms in total. The second kappa shape index (κ2) is 9.16. The molecule has 0 spiro atoms. The molecule has 1 N–H and O–H groups in total. The number of hydrogen-bond acceptors (Lipinski definition) is 6. The minimum Gasteiger partial charge on any atom is -0.379 e.